The smallest absolute Gasteiger partial charge is 0.412 e. The third kappa shape index (κ3) is 7.21. The van der Waals surface area contributed by atoms with E-state index in [1.165, 1.54) is 19.2 Å². The van der Waals surface area contributed by atoms with Gasteiger partial charge >= 0.3 is 6.09 Å². The number of carbonyl (C=O) groups excluding carboxylic acids is 1. The van der Waals surface area contributed by atoms with E-state index >= 15 is 0 Å². The van der Waals surface area contributed by atoms with Gasteiger partial charge in [-0.25, -0.2) is 4.79 Å². The molecular weight excluding hydrogens is 326 g/mol. The lowest BCUT2D eigenvalue weighted by Gasteiger charge is -2.21. The quantitative estimate of drug-likeness (QED) is 0.462. The van der Waals surface area contributed by atoms with E-state index < -0.39 is 17.6 Å². The highest BCUT2D eigenvalue weighted by Crippen LogP contribution is 2.16. The molecule has 0 saturated heterocycles. The van der Waals surface area contributed by atoms with Crippen molar-refractivity contribution in [2.45, 2.75) is 26.9 Å². The molecule has 0 radical (unpaired) electrons. The van der Waals surface area contributed by atoms with Gasteiger partial charge < -0.3 is 24.6 Å². The second-order valence-electron chi connectivity index (χ2n) is 6.35. The molecular formula is C17H25N3O5. The van der Waals surface area contributed by atoms with Crippen molar-refractivity contribution in [3.05, 3.63) is 29.8 Å². The Bertz CT molecular complexity index is 608. The Kier molecular flexibility index (Phi) is 7.38. The summed E-state index contributed by atoms with van der Waals surface area (Å²) in [6.07, 6.45) is -1.54. The van der Waals surface area contributed by atoms with Crippen LogP contribution in [0.2, 0.25) is 0 Å². The van der Waals surface area contributed by atoms with Gasteiger partial charge in [-0.15, -0.1) is 0 Å². The van der Waals surface area contributed by atoms with E-state index in [2.05, 4.69) is 5.32 Å². The molecule has 0 spiro atoms. The van der Waals surface area contributed by atoms with E-state index in [4.69, 9.17) is 25.0 Å². The Balaban J connectivity index is 2.43. The number of nitrogens with one attached hydrogen (secondary N) is 3. The minimum absolute atomic E-state index is 0.0772. The highest BCUT2D eigenvalue weighted by Gasteiger charge is 2.20. The zero-order chi connectivity index (χ0) is 19.0. The van der Waals surface area contributed by atoms with Crippen LogP contribution in [0.3, 0.4) is 0 Å². The normalized spacial score (nSPS) is 12.0. The summed E-state index contributed by atoms with van der Waals surface area (Å²) in [6.45, 7) is 5.30. The predicted molar refractivity (Wildman–Crippen MR) is 93.4 cm³/mol. The molecule has 0 aromatic heterocycles. The molecule has 0 aliphatic carbocycles. The second kappa shape index (κ2) is 9.03. The maximum atomic E-state index is 11.1. The minimum atomic E-state index is -0.959. The van der Waals surface area contributed by atoms with E-state index in [0.717, 1.165) is 0 Å². The molecule has 0 fully saturated rings. The first-order valence-electron chi connectivity index (χ1n) is 7.74. The summed E-state index contributed by atoms with van der Waals surface area (Å²) in [5, 5.41) is 27.7. The van der Waals surface area contributed by atoms with Crippen LogP contribution >= 0.6 is 0 Å². The van der Waals surface area contributed by atoms with Crippen molar-refractivity contribution in [2.24, 2.45) is 5.41 Å². The van der Waals surface area contributed by atoms with E-state index in [9.17, 15) is 9.90 Å². The monoisotopic (exact) mass is 351 g/mol. The number of hydrogen-bond donors (Lipinski definition) is 4. The van der Waals surface area contributed by atoms with Crippen molar-refractivity contribution in [1.82, 2.24) is 5.32 Å². The number of aliphatic hydroxyl groups is 1. The third-order valence-electron chi connectivity index (χ3n) is 3.05. The van der Waals surface area contributed by atoms with Crippen molar-refractivity contribution < 1.29 is 24.1 Å². The second-order valence-corrected chi connectivity index (χ2v) is 6.35. The third-order valence-corrected chi connectivity index (χ3v) is 3.05. The zero-order valence-corrected chi connectivity index (χ0v) is 14.9. The number of benzene rings is 1. The molecule has 138 valence electrons. The number of amides is 1. The number of carbonyl (C=O) groups is 1. The van der Waals surface area contributed by atoms with Gasteiger partial charge in [0.2, 0.25) is 5.90 Å². The first-order chi connectivity index (χ1) is 11.6. The maximum absolute atomic E-state index is 11.1. The molecule has 0 bridgehead atoms. The predicted octanol–water partition coefficient (Wildman–Crippen LogP) is 2.15. The number of rotatable bonds is 6. The molecule has 4 N–H and O–H groups in total. The number of ether oxygens (including phenoxy) is 3. The topological polar surface area (TPSA) is 125 Å². The van der Waals surface area contributed by atoms with Gasteiger partial charge in [-0.05, 0) is 24.3 Å². The van der Waals surface area contributed by atoms with Gasteiger partial charge in [0.05, 0.1) is 0 Å². The summed E-state index contributed by atoms with van der Waals surface area (Å²) in [6, 6.07) is 6.21. The van der Waals surface area contributed by atoms with E-state index in [0.29, 0.717) is 11.3 Å². The van der Waals surface area contributed by atoms with Crippen LogP contribution in [0.5, 0.6) is 5.75 Å². The summed E-state index contributed by atoms with van der Waals surface area (Å²) in [5.41, 5.74) is 0.0472. The molecule has 8 heteroatoms. The zero-order valence-electron chi connectivity index (χ0n) is 14.9. The Morgan fingerprint density at radius 1 is 1.16 bits per heavy atom. The van der Waals surface area contributed by atoms with Gasteiger partial charge in [0.15, 0.2) is 5.90 Å². The number of aliphatic hydroxyl groups excluding tert-OH is 1. The van der Waals surface area contributed by atoms with Crippen LogP contribution in [0.1, 0.15) is 26.3 Å². The molecule has 1 aromatic carbocycles. The lowest BCUT2D eigenvalue weighted by Crippen LogP contribution is -2.29. The molecule has 1 amide bonds. The molecule has 8 nitrogen and oxygen atoms in total. The van der Waals surface area contributed by atoms with Crippen LogP contribution in [0.25, 0.3) is 0 Å². The molecule has 0 heterocycles. The molecule has 1 unspecified atom stereocenters. The van der Waals surface area contributed by atoms with Crippen molar-refractivity contribution in [1.29, 1.82) is 10.8 Å². The molecule has 0 saturated carbocycles. The summed E-state index contributed by atoms with van der Waals surface area (Å²) in [5.74, 6) is 0.287. The summed E-state index contributed by atoms with van der Waals surface area (Å²) < 4.78 is 15.4. The van der Waals surface area contributed by atoms with Gasteiger partial charge in [0.1, 0.15) is 25.1 Å². The van der Waals surface area contributed by atoms with Gasteiger partial charge in [-0.3, -0.25) is 10.8 Å². The number of hydrogen-bond acceptors (Lipinski definition) is 7. The van der Waals surface area contributed by atoms with Crippen molar-refractivity contribution in [3.8, 4) is 5.75 Å². The molecule has 1 rings (SSSR count). The fourth-order valence-corrected chi connectivity index (χ4v) is 1.54. The SMILES string of the molecule is CNC(=O)Oc1ccc(C(=N)OCC(O)COC(=N)C(C)(C)C)cc1. The molecule has 1 aromatic rings. The van der Waals surface area contributed by atoms with Gasteiger partial charge in [0.25, 0.3) is 0 Å². The van der Waals surface area contributed by atoms with Gasteiger partial charge in [0, 0.05) is 18.0 Å². The average Bonchev–Trinajstić information content (AvgIpc) is 2.57. The highest BCUT2D eigenvalue weighted by molar-refractivity contribution is 5.91. The van der Waals surface area contributed by atoms with Crippen molar-refractivity contribution in [3.63, 3.8) is 0 Å². The van der Waals surface area contributed by atoms with Crippen LogP contribution in [-0.2, 0) is 9.47 Å². The van der Waals surface area contributed by atoms with E-state index in [1.54, 1.807) is 12.1 Å². The fraction of sp³-hybridized carbons (Fsp3) is 0.471. The standard InChI is InChI=1S/C17H25N3O5/c1-17(2,3)15(19)24-10-12(21)9-23-14(18)11-5-7-13(8-6-11)25-16(22)20-4/h5-8,12,18-19,21H,9-10H2,1-4H3,(H,20,22). The molecule has 0 aliphatic heterocycles. The van der Waals surface area contributed by atoms with Gasteiger partial charge in [-0.2, -0.15) is 0 Å². The van der Waals surface area contributed by atoms with Crippen LogP contribution in [0.15, 0.2) is 24.3 Å². The Hall–Kier alpha value is -2.61. The largest absolute Gasteiger partial charge is 0.478 e. The molecule has 1 atom stereocenters. The Morgan fingerprint density at radius 2 is 1.72 bits per heavy atom. The minimum Gasteiger partial charge on any atom is -0.478 e. The summed E-state index contributed by atoms with van der Waals surface area (Å²) in [7, 11) is 1.46. The lowest BCUT2D eigenvalue weighted by molar-refractivity contribution is 0.0494. The van der Waals surface area contributed by atoms with Gasteiger partial charge in [-0.1, -0.05) is 20.8 Å². The van der Waals surface area contributed by atoms with E-state index in [1.807, 2.05) is 20.8 Å². The van der Waals surface area contributed by atoms with Crippen LogP contribution in [0.4, 0.5) is 4.79 Å². The first kappa shape index (κ1) is 20.4. The highest BCUT2D eigenvalue weighted by atomic mass is 16.6. The lowest BCUT2D eigenvalue weighted by atomic mass is 9.97. The van der Waals surface area contributed by atoms with Crippen molar-refractivity contribution >= 4 is 17.9 Å². The Labute approximate surface area is 147 Å². The van der Waals surface area contributed by atoms with E-state index in [-0.39, 0.29) is 25.0 Å². The molecule has 25 heavy (non-hydrogen) atoms. The summed E-state index contributed by atoms with van der Waals surface area (Å²) >= 11 is 0. The summed E-state index contributed by atoms with van der Waals surface area (Å²) in [4.78, 5) is 11.1. The maximum Gasteiger partial charge on any atom is 0.412 e. The molecule has 0 aliphatic rings. The average molecular weight is 351 g/mol. The van der Waals surface area contributed by atoms with Crippen LogP contribution in [0, 0.1) is 16.2 Å². The first-order valence-corrected chi connectivity index (χ1v) is 7.74. The Morgan fingerprint density at radius 3 is 2.24 bits per heavy atom. The van der Waals surface area contributed by atoms with Crippen LogP contribution < -0.4 is 10.1 Å². The van der Waals surface area contributed by atoms with Crippen molar-refractivity contribution in [2.75, 3.05) is 20.3 Å². The van der Waals surface area contributed by atoms with Crippen LogP contribution in [-0.4, -0.2) is 49.4 Å². The fourth-order valence-electron chi connectivity index (χ4n) is 1.54.